The van der Waals surface area contributed by atoms with Gasteiger partial charge in [0.15, 0.2) is 0 Å². The Bertz CT molecular complexity index is 4820. The molecule has 9 aliphatic carbocycles. The number of Topliss-reactive ketones (excluding diaryl/α,β-unsaturated/α-hetero) is 3. The molecule has 13 rings (SSSR count). The number of ketones is 3. The fourth-order valence-electron chi connectivity index (χ4n) is 22.3. The molecule has 1 aromatic carbocycles. The third-order valence-corrected chi connectivity index (χ3v) is 32.7. The molecule has 3 aliphatic heterocycles. The minimum absolute atomic E-state index is 0.0332. The number of likely N-dealkylation sites (tertiary alicyclic amines) is 3. The number of carbonyl (C=O) groups excluding carboxylic acids is 18. The second-order valence-electron chi connectivity index (χ2n) is 47.7. The van der Waals surface area contributed by atoms with Gasteiger partial charge in [-0.1, -0.05) is 206 Å². The molecule has 18 N–H and O–H groups in total. The highest BCUT2D eigenvalue weighted by Crippen LogP contribution is 2.67. The topological polar surface area (TPSA) is 567 Å². The molecule has 39 heteroatoms. The van der Waals surface area contributed by atoms with Crippen molar-refractivity contribution in [1.82, 2.24) is 78.5 Å². The molecule has 1 aromatic rings. The molecule has 142 heavy (non-hydrogen) atoms. The average molecular weight is 1990 g/mol. The second-order valence-corrected chi connectivity index (χ2v) is 47.7. The number of alkyl carbamates (subject to hydrolysis) is 3. The Morgan fingerprint density at radius 3 is 1.17 bits per heavy atom. The lowest BCUT2D eigenvalue weighted by Gasteiger charge is -2.43. The summed E-state index contributed by atoms with van der Waals surface area (Å²) >= 11 is 0. The van der Waals surface area contributed by atoms with Gasteiger partial charge in [-0.3, -0.25) is 57.5 Å². The normalized spacial score (nSPS) is 25.1. The number of ether oxygens (including phenoxy) is 3. The molecule has 3 heterocycles. The number of hydrogen-bond donors (Lipinski definition) is 15. The van der Waals surface area contributed by atoms with E-state index in [1.165, 1.54) is 4.90 Å². The maximum Gasteiger partial charge on any atom is 0.407 e. The van der Waals surface area contributed by atoms with Crippen LogP contribution in [0.25, 0.3) is 0 Å². The summed E-state index contributed by atoms with van der Waals surface area (Å²) in [5.41, 5.74) is 15.9. The molecule has 11 fully saturated rings. The van der Waals surface area contributed by atoms with E-state index in [-0.39, 0.29) is 125 Å². The molecule has 8 saturated carbocycles. The van der Waals surface area contributed by atoms with Crippen molar-refractivity contribution in [2.24, 2.45) is 127 Å². The zero-order valence-corrected chi connectivity index (χ0v) is 87.1. The van der Waals surface area contributed by atoms with Crippen molar-refractivity contribution in [2.45, 2.75) is 339 Å². The van der Waals surface area contributed by atoms with Crippen LogP contribution in [-0.2, 0) is 84.6 Å². The highest BCUT2D eigenvalue weighted by molar-refractivity contribution is 6.39. The Morgan fingerprint density at radius 1 is 0.415 bits per heavy atom. The van der Waals surface area contributed by atoms with E-state index in [1.54, 1.807) is 16.7 Å². The van der Waals surface area contributed by atoms with Crippen molar-refractivity contribution in [1.29, 1.82) is 0 Å². The van der Waals surface area contributed by atoms with E-state index >= 15 is 0 Å². The monoisotopic (exact) mass is 1990 g/mol. The zero-order valence-electron chi connectivity index (χ0n) is 87.1. The maximum atomic E-state index is 14.6. The first-order valence-electron chi connectivity index (χ1n) is 51.8. The maximum absolute atomic E-state index is 14.6. The fraction of sp³-hybridized carbons (Fsp3) is 0.767. The van der Waals surface area contributed by atoms with E-state index in [9.17, 15) is 86.3 Å². The van der Waals surface area contributed by atoms with Gasteiger partial charge in [-0.15, -0.1) is 0 Å². The Morgan fingerprint density at radius 2 is 0.796 bits per heavy atom. The largest absolute Gasteiger partial charge is 0.447 e. The van der Waals surface area contributed by atoms with Crippen LogP contribution in [0.5, 0.6) is 0 Å². The molecule has 3 saturated heterocycles. The highest BCUT2D eigenvalue weighted by Gasteiger charge is 2.73. The molecule has 790 valence electrons. The van der Waals surface area contributed by atoms with Crippen molar-refractivity contribution in [3.63, 3.8) is 0 Å². The van der Waals surface area contributed by atoms with Crippen LogP contribution in [0.4, 0.5) is 28.8 Å². The van der Waals surface area contributed by atoms with Crippen LogP contribution >= 0.6 is 0 Å². The van der Waals surface area contributed by atoms with Crippen molar-refractivity contribution in [3.05, 3.63) is 35.4 Å². The lowest BCUT2D eigenvalue weighted by atomic mass is 9.70. The standard InChI is InChI=1S/C36H52N6O7.C34H56N6O7.C33H54N6O7/c1-18(2)26(17-49-35(48)38-19(3)4)40-34(47)41-28(23-14-21-9-7-8-10-22(21)15-23)33(46)42-16-24-27(36(24,5)6)29(42)32(45)39-25(13-20-11-12-20)30(43)31(37)44;1-8-36-31(46)47-18-22(32(2,3)4)38-30(45)39-26(34(7)14-10-9-11-15-34)29(44)40-17-20-23(33(20,5)6)24(40)28(43)37-21(16-19-12-13-19)25(41)27(35)42;1-17(2)22(16-46-31(45)35-14-19-11-12-19)37-30(44)38-26(32(3,4)5)29(43)39-15-20-23(33(20,6)7)24(39)28(42)36-21(25(40)27(34)41)13-18-9-8-10-18/h7-10,18-20,23-29H,11-17H2,1-6H3,(H2,37,44)(H,38,48)(H,39,45)(H2,40,41,47);19-24,26H,8-18H2,1-7H3,(H2,35,42)(H,36,46)(H,37,43)(H2,38,39,45);17-24,26H,8-16H2,1-7H3,(H2,34,41)(H,35,45)(H,36,42)(H2,37,38,44)/t24-,25?,26+,27-,28-,29-;2*20-,21?,22+,23-,24-,26+/m000/s1. The molecular weight excluding hydrogens is 1830 g/mol. The number of nitrogens with one attached hydrogen (secondary N) is 12. The third-order valence-electron chi connectivity index (χ3n) is 32.7. The Kier molecular flexibility index (Phi) is 35.8. The molecule has 3 unspecified atom stereocenters. The Labute approximate surface area is 835 Å². The first kappa shape index (κ1) is 111. The van der Waals surface area contributed by atoms with Gasteiger partial charge in [0.05, 0.1) is 36.3 Å². The number of amides is 18. The van der Waals surface area contributed by atoms with E-state index in [0.29, 0.717) is 70.7 Å². The molecule has 0 radical (unpaired) electrons. The number of nitrogens with two attached hydrogens (primary N) is 3. The van der Waals surface area contributed by atoms with Crippen LogP contribution in [0.3, 0.4) is 0 Å². The summed E-state index contributed by atoms with van der Waals surface area (Å²) in [5, 5.41) is 33.8. The number of rotatable bonds is 41. The van der Waals surface area contributed by atoms with Gasteiger partial charge in [0, 0.05) is 38.8 Å². The molecule has 39 nitrogen and oxygen atoms in total. The minimum Gasteiger partial charge on any atom is -0.447 e. The molecule has 18 atom stereocenters. The van der Waals surface area contributed by atoms with Crippen LogP contribution in [0.1, 0.15) is 259 Å². The molecule has 0 spiro atoms. The lowest BCUT2D eigenvalue weighted by molar-refractivity contribution is -0.146. The van der Waals surface area contributed by atoms with Gasteiger partial charge in [-0.2, -0.15) is 0 Å². The van der Waals surface area contributed by atoms with Gasteiger partial charge in [0.25, 0.3) is 17.7 Å². The lowest BCUT2D eigenvalue weighted by Crippen LogP contribution is -2.63. The predicted molar refractivity (Wildman–Crippen MR) is 525 cm³/mol. The molecule has 0 aromatic heterocycles. The van der Waals surface area contributed by atoms with Gasteiger partial charge in [-0.25, -0.2) is 28.8 Å². The SMILES string of the molecule is CC(C)NC(=O)OC[C@@H](NC(=O)N[C@H](C(=O)N1C[C@H]2[C@@H]([C@H]1C(=O)NC(CC1CC1)C(=O)C(N)=O)C2(C)C)C1Cc2ccccc2C1)C(C)C.CC(C)[C@@H](COC(=O)NCC1CC1)NC(=O)N[C@H](C(=O)N1C[C@H]2[C@@H]([C@H]1C(=O)NC(CC1CCC1)C(=O)C(N)=O)C2(C)C)C(C)(C)C.CCNC(=O)OC[C@@H](NC(=O)N[C@H](C(=O)N1C[C@H]2[C@@H]([C@H]1C(=O)NC(CC1CC1)C(=O)C(N)=O)C2(C)C)C1(C)CCCCC1)C(C)(C)C. The summed E-state index contributed by atoms with van der Waals surface area (Å²) in [7, 11) is 0. The van der Waals surface area contributed by atoms with Crippen molar-refractivity contribution in [3.8, 4) is 0 Å². The van der Waals surface area contributed by atoms with Gasteiger partial charge < -0.3 is 110 Å². The van der Waals surface area contributed by atoms with Crippen LogP contribution < -0.4 is 81.0 Å². The van der Waals surface area contributed by atoms with E-state index in [0.717, 1.165) is 101 Å². The number of urea groups is 3. The number of primary amides is 3. The van der Waals surface area contributed by atoms with Crippen molar-refractivity contribution < 1.29 is 101 Å². The smallest absolute Gasteiger partial charge is 0.407 e. The van der Waals surface area contributed by atoms with Gasteiger partial charge in [0.2, 0.25) is 52.8 Å². The number of benzene rings is 1. The zero-order chi connectivity index (χ0) is 105. The highest BCUT2D eigenvalue weighted by atomic mass is 16.6. The van der Waals surface area contributed by atoms with Crippen LogP contribution in [0.2, 0.25) is 0 Å². The van der Waals surface area contributed by atoms with Gasteiger partial charge in [0.1, 0.15) is 56.1 Å². The van der Waals surface area contributed by atoms with E-state index in [2.05, 4.69) is 105 Å². The van der Waals surface area contributed by atoms with E-state index in [4.69, 9.17) is 31.4 Å². The first-order chi connectivity index (χ1) is 66.4. The molecule has 0 bridgehead atoms. The number of hydrogen-bond acceptors (Lipinski definition) is 21. The number of nitrogens with zero attached hydrogens (tertiary/aromatic N) is 3. The molecule has 12 aliphatic rings. The van der Waals surface area contributed by atoms with Gasteiger partial charge >= 0.3 is 36.4 Å². The molecular formula is C103H162N18O21. The quantitative estimate of drug-likeness (QED) is 0.0238. The summed E-state index contributed by atoms with van der Waals surface area (Å²) in [6.07, 6.45) is 13.5. The minimum atomic E-state index is -1.10. The van der Waals surface area contributed by atoms with E-state index < -0.39 is 184 Å². The van der Waals surface area contributed by atoms with Crippen LogP contribution in [0.15, 0.2) is 24.3 Å². The number of fused-ring (bicyclic) bond motifs is 4. The second kappa shape index (κ2) is 45.6. The Balaban J connectivity index is 0.000000204. The predicted octanol–water partition coefficient (Wildman–Crippen LogP) is 6.73. The van der Waals surface area contributed by atoms with Crippen LogP contribution in [-0.4, -0.2) is 253 Å². The van der Waals surface area contributed by atoms with Crippen molar-refractivity contribution >= 4 is 107 Å². The molecule has 18 amide bonds. The van der Waals surface area contributed by atoms with E-state index in [1.807, 2.05) is 114 Å². The van der Waals surface area contributed by atoms with Gasteiger partial charge in [-0.05, 0) is 199 Å². The summed E-state index contributed by atoms with van der Waals surface area (Å²) in [6, 6.07) is -4.06. The summed E-state index contributed by atoms with van der Waals surface area (Å²) in [5.74, 6) is -7.72. The number of piperidine rings is 3. The van der Waals surface area contributed by atoms with Crippen LogP contribution in [0, 0.1) is 109 Å². The number of carbonyl (C=O) groups is 18. The Hall–Kier alpha value is -10.9. The average Bonchev–Trinajstić information content (AvgIpc) is 1.53. The van der Waals surface area contributed by atoms with Crippen molar-refractivity contribution in [2.75, 3.05) is 52.5 Å². The fourth-order valence-corrected chi connectivity index (χ4v) is 22.3. The summed E-state index contributed by atoms with van der Waals surface area (Å²) in [6.45, 7) is 40.5. The first-order valence-corrected chi connectivity index (χ1v) is 51.8. The summed E-state index contributed by atoms with van der Waals surface area (Å²) in [4.78, 5) is 241. The third kappa shape index (κ3) is 27.8. The summed E-state index contributed by atoms with van der Waals surface area (Å²) < 4.78 is 16.1.